The molecule has 1 N–H and O–H groups in total. The van der Waals surface area contributed by atoms with Gasteiger partial charge in [0.15, 0.2) is 0 Å². The number of aryl methyl sites for hydroxylation is 1. The molecule has 0 amide bonds. The van der Waals surface area contributed by atoms with Crippen LogP contribution in [-0.2, 0) is 10.0 Å². The van der Waals surface area contributed by atoms with Gasteiger partial charge in [0.05, 0.1) is 10.9 Å². The van der Waals surface area contributed by atoms with Crippen molar-refractivity contribution in [3.63, 3.8) is 0 Å². The molecule has 1 heterocycles. The van der Waals surface area contributed by atoms with Gasteiger partial charge in [-0.1, -0.05) is 48.0 Å². The summed E-state index contributed by atoms with van der Waals surface area (Å²) in [4.78, 5) is 2.37. The van der Waals surface area contributed by atoms with Crippen LogP contribution in [0.5, 0.6) is 0 Å². The van der Waals surface area contributed by atoms with E-state index in [0.717, 1.165) is 33.2 Å². The Hall–Kier alpha value is -2.37. The molecule has 0 aromatic heterocycles. The summed E-state index contributed by atoms with van der Waals surface area (Å²) in [6, 6.07) is 17.2. The summed E-state index contributed by atoms with van der Waals surface area (Å²) in [6.45, 7) is 2.02. The third kappa shape index (κ3) is 2.51. The molecular formula is C20H20N2O2S. The van der Waals surface area contributed by atoms with Crippen molar-refractivity contribution in [3.8, 4) is 0 Å². The molecule has 5 heteroatoms. The molecule has 0 saturated carbocycles. The summed E-state index contributed by atoms with van der Waals surface area (Å²) in [5, 5.41) is 1.78. The van der Waals surface area contributed by atoms with Crippen LogP contribution in [0.25, 0.3) is 10.8 Å². The molecule has 0 bridgehead atoms. The third-order valence-electron chi connectivity index (χ3n) is 4.78. The zero-order valence-electron chi connectivity index (χ0n) is 14.4. The molecule has 1 aliphatic rings. The highest BCUT2D eigenvalue weighted by Gasteiger charge is 2.32. The monoisotopic (exact) mass is 352 g/mol. The minimum atomic E-state index is -3.57. The number of sulfonamides is 1. The number of rotatable bonds is 2. The smallest absolute Gasteiger partial charge is 0.242 e. The molecule has 0 fully saturated rings. The first-order chi connectivity index (χ1) is 11.9. The number of nitrogens with one attached hydrogen (secondary N) is 1. The molecule has 0 saturated heterocycles. The number of benzene rings is 3. The average Bonchev–Trinajstić information content (AvgIpc) is 2.58. The maximum atomic E-state index is 12.9. The van der Waals surface area contributed by atoms with E-state index in [1.807, 2.05) is 62.3 Å². The van der Waals surface area contributed by atoms with Crippen LogP contribution in [0.15, 0.2) is 59.5 Å². The molecule has 128 valence electrons. The van der Waals surface area contributed by atoms with E-state index in [1.165, 1.54) is 0 Å². The van der Waals surface area contributed by atoms with Crippen molar-refractivity contribution in [1.82, 2.24) is 4.72 Å². The van der Waals surface area contributed by atoms with Crippen molar-refractivity contribution in [2.24, 2.45) is 0 Å². The number of hydrogen-bond donors (Lipinski definition) is 1. The van der Waals surface area contributed by atoms with E-state index in [-0.39, 0.29) is 6.04 Å². The molecule has 1 atom stereocenters. The van der Waals surface area contributed by atoms with Crippen LogP contribution in [0, 0.1) is 6.92 Å². The molecule has 25 heavy (non-hydrogen) atoms. The lowest BCUT2D eigenvalue weighted by atomic mass is 9.92. The second kappa shape index (κ2) is 5.58. The molecule has 1 aliphatic heterocycles. The molecule has 0 aliphatic carbocycles. The van der Waals surface area contributed by atoms with Gasteiger partial charge in [0.2, 0.25) is 10.0 Å². The van der Waals surface area contributed by atoms with Gasteiger partial charge in [0, 0.05) is 30.6 Å². The first-order valence-corrected chi connectivity index (χ1v) is 9.68. The van der Waals surface area contributed by atoms with Crippen LogP contribution in [-0.4, -0.2) is 22.5 Å². The molecule has 4 nitrogen and oxygen atoms in total. The Balaban J connectivity index is 2.06. The fourth-order valence-electron chi connectivity index (χ4n) is 3.53. The lowest BCUT2D eigenvalue weighted by molar-refractivity contribution is 0.570. The first kappa shape index (κ1) is 16.1. The molecule has 3 aromatic rings. The summed E-state index contributed by atoms with van der Waals surface area (Å²) in [5.41, 5.74) is 4.11. The Kier molecular flexibility index (Phi) is 3.60. The maximum absolute atomic E-state index is 12.9. The molecule has 0 radical (unpaired) electrons. The van der Waals surface area contributed by atoms with Gasteiger partial charge < -0.3 is 4.90 Å². The third-order valence-corrected chi connectivity index (χ3v) is 6.24. The van der Waals surface area contributed by atoms with Gasteiger partial charge in [-0.25, -0.2) is 8.42 Å². The summed E-state index contributed by atoms with van der Waals surface area (Å²) in [6.07, 6.45) is 0. The molecule has 1 unspecified atom stereocenters. The number of hydrogen-bond acceptors (Lipinski definition) is 3. The van der Waals surface area contributed by atoms with Gasteiger partial charge in [-0.05, 0) is 30.2 Å². The van der Waals surface area contributed by atoms with E-state index in [0.29, 0.717) is 4.90 Å². The molecule has 3 aromatic carbocycles. The lowest BCUT2D eigenvalue weighted by Crippen LogP contribution is -2.33. The predicted molar refractivity (Wildman–Crippen MR) is 102 cm³/mol. The van der Waals surface area contributed by atoms with E-state index >= 15 is 0 Å². The van der Waals surface area contributed by atoms with E-state index in [4.69, 9.17) is 0 Å². The van der Waals surface area contributed by atoms with Crippen LogP contribution in [0.4, 0.5) is 5.69 Å². The average molecular weight is 352 g/mol. The second-order valence-corrected chi connectivity index (χ2v) is 8.39. The minimum absolute atomic E-state index is 0.354. The highest BCUT2D eigenvalue weighted by molar-refractivity contribution is 7.89. The first-order valence-electron chi connectivity index (χ1n) is 8.20. The van der Waals surface area contributed by atoms with Gasteiger partial charge >= 0.3 is 0 Å². The lowest BCUT2D eigenvalue weighted by Gasteiger charge is -2.29. The van der Waals surface area contributed by atoms with Crippen molar-refractivity contribution < 1.29 is 8.42 Å². The van der Waals surface area contributed by atoms with Crippen molar-refractivity contribution in [1.29, 1.82) is 0 Å². The summed E-state index contributed by atoms with van der Waals surface area (Å²) < 4.78 is 28.6. The van der Waals surface area contributed by atoms with Crippen LogP contribution in [0.1, 0.15) is 22.7 Å². The highest BCUT2D eigenvalue weighted by atomic mass is 32.2. The van der Waals surface area contributed by atoms with Gasteiger partial charge in [0.1, 0.15) is 0 Å². The standard InChI is InChI=1S/C20H20N2O2S/c1-13-7-9-14(10-8-13)20-16-11-12-17(22(2)3)15-5-4-6-18(19(15)16)25(23,24)21-20/h4-12,20-21H,1-3H3. The van der Waals surface area contributed by atoms with Crippen molar-refractivity contribution >= 4 is 26.5 Å². The van der Waals surface area contributed by atoms with Crippen LogP contribution >= 0.6 is 0 Å². The van der Waals surface area contributed by atoms with E-state index < -0.39 is 10.0 Å². The fraction of sp³-hybridized carbons (Fsp3) is 0.200. The molecule has 4 rings (SSSR count). The van der Waals surface area contributed by atoms with E-state index in [2.05, 4.69) is 10.8 Å². The predicted octanol–water partition coefficient (Wildman–Crippen LogP) is 3.60. The Morgan fingerprint density at radius 1 is 0.960 bits per heavy atom. The largest absolute Gasteiger partial charge is 0.377 e. The zero-order valence-corrected chi connectivity index (χ0v) is 15.3. The van der Waals surface area contributed by atoms with Crippen LogP contribution in [0.3, 0.4) is 0 Å². The Labute approximate surface area is 148 Å². The topological polar surface area (TPSA) is 49.4 Å². The number of anilines is 1. The van der Waals surface area contributed by atoms with Gasteiger partial charge in [0.25, 0.3) is 0 Å². The van der Waals surface area contributed by atoms with Gasteiger partial charge in [-0.2, -0.15) is 4.72 Å². The van der Waals surface area contributed by atoms with E-state index in [1.54, 1.807) is 12.1 Å². The van der Waals surface area contributed by atoms with Crippen LogP contribution in [0.2, 0.25) is 0 Å². The van der Waals surface area contributed by atoms with Crippen molar-refractivity contribution in [3.05, 3.63) is 71.3 Å². The normalized spacial score (nSPS) is 18.3. The minimum Gasteiger partial charge on any atom is -0.377 e. The van der Waals surface area contributed by atoms with Gasteiger partial charge in [-0.3, -0.25) is 0 Å². The number of nitrogens with zero attached hydrogens (tertiary/aromatic N) is 1. The quantitative estimate of drug-likeness (QED) is 0.767. The molecular weight excluding hydrogens is 332 g/mol. The summed E-state index contributed by atoms with van der Waals surface area (Å²) >= 11 is 0. The van der Waals surface area contributed by atoms with Crippen molar-refractivity contribution in [2.75, 3.05) is 19.0 Å². The fourth-order valence-corrected chi connectivity index (χ4v) is 4.98. The van der Waals surface area contributed by atoms with Gasteiger partial charge in [-0.15, -0.1) is 0 Å². The van der Waals surface area contributed by atoms with Crippen LogP contribution < -0.4 is 9.62 Å². The summed E-state index contributed by atoms with van der Waals surface area (Å²) in [7, 11) is 0.372. The zero-order chi connectivity index (χ0) is 17.8. The second-order valence-electron chi connectivity index (χ2n) is 6.71. The Bertz CT molecular complexity index is 1070. The van der Waals surface area contributed by atoms with Crippen molar-refractivity contribution in [2.45, 2.75) is 17.9 Å². The van der Waals surface area contributed by atoms with E-state index in [9.17, 15) is 8.42 Å². The Morgan fingerprint density at radius 2 is 1.68 bits per heavy atom. The maximum Gasteiger partial charge on any atom is 0.242 e. The Morgan fingerprint density at radius 3 is 2.36 bits per heavy atom. The summed E-state index contributed by atoms with van der Waals surface area (Å²) in [5.74, 6) is 0. The highest BCUT2D eigenvalue weighted by Crippen LogP contribution is 2.41. The SMILES string of the molecule is Cc1ccc(C2NS(=O)(=O)c3cccc4c(N(C)C)ccc2c34)cc1. The molecule has 0 spiro atoms.